The molecule has 1 unspecified atom stereocenters. The molecule has 0 aliphatic carbocycles. The van der Waals surface area contributed by atoms with Crippen molar-refractivity contribution in [1.29, 1.82) is 0 Å². The fourth-order valence-corrected chi connectivity index (χ4v) is 1.77. The summed E-state index contributed by atoms with van der Waals surface area (Å²) in [5.74, 6) is 0. The van der Waals surface area contributed by atoms with E-state index in [1.165, 1.54) is 12.0 Å². The third-order valence-electron chi connectivity index (χ3n) is 2.53. The van der Waals surface area contributed by atoms with Gasteiger partial charge in [0.15, 0.2) is 0 Å². The third-order valence-corrected chi connectivity index (χ3v) is 2.53. The second kappa shape index (κ2) is 8.72. The van der Waals surface area contributed by atoms with E-state index in [-0.39, 0.29) is 12.1 Å². The van der Waals surface area contributed by atoms with Crippen LogP contribution in [-0.4, -0.2) is 56.5 Å². The summed E-state index contributed by atoms with van der Waals surface area (Å²) in [5, 5.41) is 3.17. The maximum absolute atomic E-state index is 12.5. The molecule has 0 rings (SSSR count). The lowest BCUT2D eigenvalue weighted by Crippen LogP contribution is -2.50. The van der Waals surface area contributed by atoms with Gasteiger partial charge in [-0.2, -0.15) is 13.2 Å². The first kappa shape index (κ1) is 17.7. The first-order valence-electron chi connectivity index (χ1n) is 6.33. The summed E-state index contributed by atoms with van der Waals surface area (Å²) in [6, 6.07) is -0.00213. The highest BCUT2D eigenvalue weighted by Gasteiger charge is 2.33. The molecular weight excluding hydrogens is 245 g/mol. The maximum Gasteiger partial charge on any atom is 0.401 e. The molecule has 3 nitrogen and oxygen atoms in total. The van der Waals surface area contributed by atoms with Crippen LogP contribution in [0.1, 0.15) is 27.2 Å². The third kappa shape index (κ3) is 8.72. The highest BCUT2D eigenvalue weighted by molar-refractivity contribution is 4.77. The molecule has 0 bridgehead atoms. The lowest BCUT2D eigenvalue weighted by molar-refractivity contribution is -0.152. The highest BCUT2D eigenvalue weighted by atomic mass is 19.4. The van der Waals surface area contributed by atoms with E-state index in [0.717, 1.165) is 0 Å². The molecule has 0 radical (unpaired) electrons. The number of halogens is 3. The minimum absolute atomic E-state index is 0.249. The van der Waals surface area contributed by atoms with Crippen LogP contribution in [0.25, 0.3) is 0 Å². The molecule has 0 saturated carbocycles. The molecule has 0 saturated heterocycles. The fourth-order valence-electron chi connectivity index (χ4n) is 1.77. The molecule has 0 aromatic rings. The first-order chi connectivity index (χ1) is 8.30. The number of methoxy groups -OCH3 is 1. The van der Waals surface area contributed by atoms with Gasteiger partial charge < -0.3 is 10.1 Å². The van der Waals surface area contributed by atoms with E-state index < -0.39 is 12.7 Å². The van der Waals surface area contributed by atoms with Crippen molar-refractivity contribution in [2.24, 2.45) is 0 Å². The maximum atomic E-state index is 12.5. The van der Waals surface area contributed by atoms with Crippen molar-refractivity contribution in [3.63, 3.8) is 0 Å². The molecule has 0 aromatic carbocycles. The van der Waals surface area contributed by atoms with E-state index in [0.29, 0.717) is 26.1 Å². The minimum Gasteiger partial charge on any atom is -0.383 e. The Labute approximate surface area is 108 Å². The largest absolute Gasteiger partial charge is 0.401 e. The Morgan fingerprint density at radius 1 is 1.28 bits per heavy atom. The van der Waals surface area contributed by atoms with Crippen molar-refractivity contribution < 1.29 is 17.9 Å². The average molecular weight is 270 g/mol. The van der Waals surface area contributed by atoms with Gasteiger partial charge in [0.25, 0.3) is 0 Å². The SMILES string of the molecule is CCCN(CC(F)(F)F)C(CNC(C)C)COC. The molecular formula is C12H25F3N2O. The van der Waals surface area contributed by atoms with Crippen molar-refractivity contribution >= 4 is 0 Å². The van der Waals surface area contributed by atoms with Gasteiger partial charge in [0, 0.05) is 25.7 Å². The summed E-state index contributed by atoms with van der Waals surface area (Å²) in [6.07, 6.45) is -3.48. The van der Waals surface area contributed by atoms with Gasteiger partial charge >= 0.3 is 6.18 Å². The Hall–Kier alpha value is -0.330. The van der Waals surface area contributed by atoms with Crippen molar-refractivity contribution in [2.75, 3.05) is 33.4 Å². The van der Waals surface area contributed by atoms with Crippen LogP contribution in [0.3, 0.4) is 0 Å². The molecule has 110 valence electrons. The Bertz CT molecular complexity index is 210. The average Bonchev–Trinajstić information content (AvgIpc) is 2.21. The van der Waals surface area contributed by atoms with Crippen LogP contribution >= 0.6 is 0 Å². The van der Waals surface area contributed by atoms with Crippen molar-refractivity contribution in [3.05, 3.63) is 0 Å². The van der Waals surface area contributed by atoms with E-state index in [2.05, 4.69) is 5.32 Å². The van der Waals surface area contributed by atoms with Crippen LogP contribution in [0.5, 0.6) is 0 Å². The lowest BCUT2D eigenvalue weighted by atomic mass is 10.2. The lowest BCUT2D eigenvalue weighted by Gasteiger charge is -2.32. The molecule has 0 heterocycles. The van der Waals surface area contributed by atoms with Gasteiger partial charge in [-0.3, -0.25) is 4.90 Å². The molecule has 0 fully saturated rings. The summed E-state index contributed by atoms with van der Waals surface area (Å²) >= 11 is 0. The normalized spacial score (nSPS) is 14.5. The number of ether oxygens (including phenoxy) is 1. The molecule has 1 atom stereocenters. The number of nitrogens with one attached hydrogen (secondary N) is 1. The van der Waals surface area contributed by atoms with E-state index in [9.17, 15) is 13.2 Å². The van der Waals surface area contributed by atoms with Crippen LogP contribution < -0.4 is 5.32 Å². The second-order valence-electron chi connectivity index (χ2n) is 4.76. The van der Waals surface area contributed by atoms with Crippen molar-refractivity contribution in [2.45, 2.75) is 45.5 Å². The summed E-state index contributed by atoms with van der Waals surface area (Å²) in [7, 11) is 1.51. The Morgan fingerprint density at radius 2 is 1.89 bits per heavy atom. The highest BCUT2D eigenvalue weighted by Crippen LogP contribution is 2.18. The van der Waals surface area contributed by atoms with E-state index in [1.807, 2.05) is 20.8 Å². The standard InChI is InChI=1S/C12H25F3N2O/c1-5-6-17(9-12(13,14)15)11(8-18-4)7-16-10(2)3/h10-11,16H,5-9H2,1-4H3. The first-order valence-corrected chi connectivity index (χ1v) is 6.33. The zero-order valence-corrected chi connectivity index (χ0v) is 11.7. The van der Waals surface area contributed by atoms with E-state index >= 15 is 0 Å². The minimum atomic E-state index is -4.17. The zero-order valence-electron chi connectivity index (χ0n) is 11.7. The van der Waals surface area contributed by atoms with Gasteiger partial charge in [-0.1, -0.05) is 20.8 Å². The number of hydrogen-bond acceptors (Lipinski definition) is 3. The van der Waals surface area contributed by atoms with Gasteiger partial charge in [0.2, 0.25) is 0 Å². The van der Waals surface area contributed by atoms with Gasteiger partial charge in [0.05, 0.1) is 13.2 Å². The van der Waals surface area contributed by atoms with Crippen molar-refractivity contribution in [3.8, 4) is 0 Å². The van der Waals surface area contributed by atoms with Crippen LogP contribution in [0.15, 0.2) is 0 Å². The number of alkyl halides is 3. The van der Waals surface area contributed by atoms with Crippen LogP contribution in [0.2, 0.25) is 0 Å². The summed E-state index contributed by atoms with van der Waals surface area (Å²) in [4.78, 5) is 1.44. The summed E-state index contributed by atoms with van der Waals surface area (Å²) in [5.41, 5.74) is 0. The molecule has 0 aliphatic rings. The van der Waals surface area contributed by atoms with Crippen molar-refractivity contribution in [1.82, 2.24) is 10.2 Å². The number of hydrogen-bond donors (Lipinski definition) is 1. The van der Waals surface area contributed by atoms with E-state index in [1.54, 1.807) is 0 Å². The van der Waals surface area contributed by atoms with Gasteiger partial charge in [-0.15, -0.1) is 0 Å². The molecule has 0 aromatic heterocycles. The fraction of sp³-hybridized carbons (Fsp3) is 1.00. The molecule has 18 heavy (non-hydrogen) atoms. The molecule has 6 heteroatoms. The molecule has 1 N–H and O–H groups in total. The van der Waals surface area contributed by atoms with Gasteiger partial charge in [0.1, 0.15) is 0 Å². The van der Waals surface area contributed by atoms with Gasteiger partial charge in [-0.05, 0) is 13.0 Å². The second-order valence-corrected chi connectivity index (χ2v) is 4.76. The Balaban J connectivity index is 4.53. The molecule has 0 aliphatic heterocycles. The number of nitrogens with zero attached hydrogens (tertiary/aromatic N) is 1. The summed E-state index contributed by atoms with van der Waals surface area (Å²) in [6.45, 7) is 6.16. The van der Waals surface area contributed by atoms with Crippen LogP contribution in [0.4, 0.5) is 13.2 Å². The predicted molar refractivity (Wildman–Crippen MR) is 66.7 cm³/mol. The predicted octanol–water partition coefficient (Wildman–Crippen LogP) is 2.27. The van der Waals surface area contributed by atoms with E-state index in [4.69, 9.17) is 4.74 Å². The monoisotopic (exact) mass is 270 g/mol. The smallest absolute Gasteiger partial charge is 0.383 e. The topological polar surface area (TPSA) is 24.5 Å². The summed E-state index contributed by atoms with van der Waals surface area (Å²) < 4.78 is 42.6. The van der Waals surface area contributed by atoms with Crippen LogP contribution in [0, 0.1) is 0 Å². The quantitative estimate of drug-likeness (QED) is 0.695. The Kier molecular flexibility index (Phi) is 8.56. The Morgan fingerprint density at radius 3 is 2.28 bits per heavy atom. The van der Waals surface area contributed by atoms with Crippen LogP contribution in [-0.2, 0) is 4.74 Å². The number of rotatable bonds is 9. The zero-order chi connectivity index (χ0) is 14.2. The molecule has 0 amide bonds. The molecule has 0 spiro atoms. The van der Waals surface area contributed by atoms with Gasteiger partial charge in [-0.25, -0.2) is 0 Å².